The number of halogens is 1. The Labute approximate surface area is 139 Å². The first kappa shape index (κ1) is 17.5. The molecule has 2 rings (SSSR count). The molecule has 24 heavy (non-hydrogen) atoms. The molecule has 0 fully saturated rings. The first-order valence-electron chi connectivity index (χ1n) is 7.57. The zero-order chi connectivity index (χ0) is 17.5. The highest BCUT2D eigenvalue weighted by molar-refractivity contribution is 5.97. The van der Waals surface area contributed by atoms with E-state index < -0.39 is 11.7 Å². The van der Waals surface area contributed by atoms with Gasteiger partial charge in [0.15, 0.2) is 0 Å². The highest BCUT2D eigenvalue weighted by atomic mass is 19.1. The molecule has 5 nitrogen and oxygen atoms in total. The molecular weight excluding hydrogens is 311 g/mol. The number of benzene rings is 2. The van der Waals surface area contributed by atoms with Crippen molar-refractivity contribution in [3.05, 3.63) is 59.4 Å². The van der Waals surface area contributed by atoms with Gasteiger partial charge in [-0.25, -0.2) is 4.39 Å². The minimum Gasteiger partial charge on any atom is -0.487 e. The summed E-state index contributed by atoms with van der Waals surface area (Å²) in [6, 6.07) is 11.8. The third-order valence-corrected chi connectivity index (χ3v) is 3.20. The SMILES string of the molecule is CCNC(=O)c1cc(OCc2ccccc2)c(NC(C)=O)cc1F. The highest BCUT2D eigenvalue weighted by Crippen LogP contribution is 2.29. The molecule has 0 aliphatic heterocycles. The summed E-state index contributed by atoms with van der Waals surface area (Å²) in [7, 11) is 0. The Morgan fingerprint density at radius 1 is 1.17 bits per heavy atom. The number of carbonyl (C=O) groups excluding carboxylic acids is 2. The van der Waals surface area contributed by atoms with E-state index in [4.69, 9.17) is 4.74 Å². The van der Waals surface area contributed by atoms with E-state index in [9.17, 15) is 14.0 Å². The molecule has 2 aromatic rings. The van der Waals surface area contributed by atoms with E-state index in [0.29, 0.717) is 6.54 Å². The molecule has 6 heteroatoms. The third-order valence-electron chi connectivity index (χ3n) is 3.20. The molecule has 0 saturated carbocycles. The normalized spacial score (nSPS) is 10.1. The van der Waals surface area contributed by atoms with Gasteiger partial charge in [-0.15, -0.1) is 0 Å². The number of carbonyl (C=O) groups is 2. The van der Waals surface area contributed by atoms with Crippen LogP contribution < -0.4 is 15.4 Å². The fourth-order valence-electron chi connectivity index (χ4n) is 2.13. The van der Waals surface area contributed by atoms with Gasteiger partial charge in [-0.3, -0.25) is 9.59 Å². The van der Waals surface area contributed by atoms with Gasteiger partial charge in [0.2, 0.25) is 5.91 Å². The Kier molecular flexibility index (Phi) is 5.89. The number of ether oxygens (including phenoxy) is 1. The van der Waals surface area contributed by atoms with Crippen molar-refractivity contribution in [1.29, 1.82) is 0 Å². The molecule has 2 N–H and O–H groups in total. The fraction of sp³-hybridized carbons (Fsp3) is 0.222. The summed E-state index contributed by atoms with van der Waals surface area (Å²) < 4.78 is 19.8. The van der Waals surface area contributed by atoms with Gasteiger partial charge in [0.1, 0.15) is 18.2 Å². The minimum absolute atomic E-state index is 0.131. The molecular formula is C18H19FN2O3. The van der Waals surface area contributed by atoms with Crippen LogP contribution in [0.1, 0.15) is 29.8 Å². The van der Waals surface area contributed by atoms with E-state index in [2.05, 4.69) is 10.6 Å². The van der Waals surface area contributed by atoms with E-state index in [0.717, 1.165) is 11.6 Å². The fourth-order valence-corrected chi connectivity index (χ4v) is 2.13. The molecule has 0 spiro atoms. The maximum absolute atomic E-state index is 14.1. The summed E-state index contributed by atoms with van der Waals surface area (Å²) >= 11 is 0. The van der Waals surface area contributed by atoms with E-state index in [1.54, 1.807) is 6.92 Å². The van der Waals surface area contributed by atoms with Crippen molar-refractivity contribution in [2.75, 3.05) is 11.9 Å². The molecule has 0 bridgehead atoms. The van der Waals surface area contributed by atoms with Crippen molar-refractivity contribution in [2.45, 2.75) is 20.5 Å². The smallest absolute Gasteiger partial charge is 0.254 e. The molecule has 2 amide bonds. The Bertz CT molecular complexity index is 733. The van der Waals surface area contributed by atoms with Crippen LogP contribution >= 0.6 is 0 Å². The van der Waals surface area contributed by atoms with Crippen molar-refractivity contribution in [2.24, 2.45) is 0 Å². The molecule has 0 atom stereocenters. The molecule has 0 saturated heterocycles. The molecule has 0 unspecified atom stereocenters. The van der Waals surface area contributed by atoms with Gasteiger partial charge in [0.25, 0.3) is 5.91 Å². The highest BCUT2D eigenvalue weighted by Gasteiger charge is 2.17. The van der Waals surface area contributed by atoms with Crippen LogP contribution in [0.4, 0.5) is 10.1 Å². The number of amides is 2. The Morgan fingerprint density at radius 3 is 2.50 bits per heavy atom. The number of hydrogen-bond donors (Lipinski definition) is 2. The second-order valence-electron chi connectivity index (χ2n) is 5.14. The van der Waals surface area contributed by atoms with Gasteiger partial charge in [-0.2, -0.15) is 0 Å². The van der Waals surface area contributed by atoms with Gasteiger partial charge < -0.3 is 15.4 Å². The zero-order valence-electron chi connectivity index (χ0n) is 13.6. The van der Waals surface area contributed by atoms with Crippen molar-refractivity contribution in [3.63, 3.8) is 0 Å². The average Bonchev–Trinajstić information content (AvgIpc) is 2.54. The topological polar surface area (TPSA) is 67.4 Å². The quantitative estimate of drug-likeness (QED) is 0.855. The number of rotatable bonds is 6. The molecule has 0 aromatic heterocycles. The van der Waals surface area contributed by atoms with E-state index in [-0.39, 0.29) is 29.5 Å². The van der Waals surface area contributed by atoms with Crippen molar-refractivity contribution < 1.29 is 18.7 Å². The monoisotopic (exact) mass is 330 g/mol. The molecule has 0 aliphatic rings. The molecule has 0 heterocycles. The largest absolute Gasteiger partial charge is 0.487 e. The van der Waals surface area contributed by atoms with Crippen LogP contribution in [0.2, 0.25) is 0 Å². The van der Waals surface area contributed by atoms with Crippen molar-refractivity contribution >= 4 is 17.5 Å². The predicted molar refractivity (Wildman–Crippen MR) is 89.5 cm³/mol. The van der Waals surface area contributed by atoms with Crippen LogP contribution in [0.15, 0.2) is 42.5 Å². The lowest BCUT2D eigenvalue weighted by molar-refractivity contribution is -0.114. The molecule has 0 aliphatic carbocycles. The first-order chi connectivity index (χ1) is 11.5. The lowest BCUT2D eigenvalue weighted by Gasteiger charge is -2.14. The summed E-state index contributed by atoms with van der Waals surface area (Å²) in [6.07, 6.45) is 0. The van der Waals surface area contributed by atoms with E-state index in [1.807, 2.05) is 30.3 Å². The second kappa shape index (κ2) is 8.10. The minimum atomic E-state index is -0.725. The van der Waals surface area contributed by atoms with Crippen LogP contribution in [-0.4, -0.2) is 18.4 Å². The summed E-state index contributed by atoms with van der Waals surface area (Å²) in [6.45, 7) is 3.67. The Balaban J connectivity index is 2.31. The van der Waals surface area contributed by atoms with Crippen LogP contribution in [0, 0.1) is 5.82 Å². The summed E-state index contributed by atoms with van der Waals surface area (Å²) in [5.41, 5.74) is 0.966. The standard InChI is InChI=1S/C18H19FN2O3/c1-3-20-18(23)14-9-17(16(10-15(14)19)21-12(2)22)24-11-13-7-5-4-6-8-13/h4-10H,3,11H2,1-2H3,(H,20,23)(H,21,22). The van der Waals surface area contributed by atoms with Gasteiger partial charge in [0, 0.05) is 19.5 Å². The first-order valence-corrected chi connectivity index (χ1v) is 7.57. The average molecular weight is 330 g/mol. The van der Waals surface area contributed by atoms with Crippen LogP contribution in [0.25, 0.3) is 0 Å². The van der Waals surface area contributed by atoms with E-state index in [1.165, 1.54) is 13.0 Å². The van der Waals surface area contributed by atoms with Gasteiger partial charge in [-0.05, 0) is 18.6 Å². The lowest BCUT2D eigenvalue weighted by Crippen LogP contribution is -2.24. The molecule has 126 valence electrons. The summed E-state index contributed by atoms with van der Waals surface area (Å²) in [5.74, 6) is -1.38. The van der Waals surface area contributed by atoms with E-state index >= 15 is 0 Å². The maximum atomic E-state index is 14.1. The van der Waals surface area contributed by atoms with Crippen molar-refractivity contribution in [3.8, 4) is 5.75 Å². The number of anilines is 1. The molecule has 2 aromatic carbocycles. The van der Waals surface area contributed by atoms with Gasteiger partial charge >= 0.3 is 0 Å². The lowest BCUT2D eigenvalue weighted by atomic mass is 10.1. The summed E-state index contributed by atoms with van der Waals surface area (Å²) in [4.78, 5) is 23.2. The number of nitrogens with one attached hydrogen (secondary N) is 2. The zero-order valence-corrected chi connectivity index (χ0v) is 13.6. The van der Waals surface area contributed by atoms with Gasteiger partial charge in [-0.1, -0.05) is 30.3 Å². The Morgan fingerprint density at radius 2 is 1.88 bits per heavy atom. The van der Waals surface area contributed by atoms with Crippen LogP contribution in [-0.2, 0) is 11.4 Å². The Hall–Kier alpha value is -2.89. The maximum Gasteiger partial charge on any atom is 0.254 e. The molecule has 0 radical (unpaired) electrons. The van der Waals surface area contributed by atoms with Gasteiger partial charge in [0.05, 0.1) is 11.3 Å². The van der Waals surface area contributed by atoms with Crippen LogP contribution in [0.3, 0.4) is 0 Å². The van der Waals surface area contributed by atoms with Crippen LogP contribution in [0.5, 0.6) is 5.75 Å². The number of hydrogen-bond acceptors (Lipinski definition) is 3. The predicted octanol–water partition coefficient (Wildman–Crippen LogP) is 3.11. The summed E-state index contributed by atoms with van der Waals surface area (Å²) in [5, 5.41) is 5.06. The van der Waals surface area contributed by atoms with Crippen molar-refractivity contribution in [1.82, 2.24) is 5.32 Å². The second-order valence-corrected chi connectivity index (χ2v) is 5.14. The third kappa shape index (κ3) is 4.55.